The molecule has 2 N–H and O–H groups in total. The third kappa shape index (κ3) is 7.60. The molecule has 4 heteroatoms. The normalized spacial score (nSPS) is 12.8. The summed E-state index contributed by atoms with van der Waals surface area (Å²) in [4.78, 5) is 2.08. The topological polar surface area (TPSA) is 52.9 Å². The molecule has 0 fully saturated rings. The Kier molecular flexibility index (Phi) is 9.24. The van der Waals surface area contributed by atoms with Crippen molar-refractivity contribution in [3.63, 3.8) is 0 Å². The van der Waals surface area contributed by atoms with Gasteiger partial charge >= 0.3 is 0 Å². The van der Waals surface area contributed by atoms with Gasteiger partial charge in [0.25, 0.3) is 0 Å². The van der Waals surface area contributed by atoms with Crippen LogP contribution in [-0.2, 0) is 11.3 Å². The zero-order valence-electron chi connectivity index (χ0n) is 12.4. The Morgan fingerprint density at radius 2 is 1.95 bits per heavy atom. The Hall–Kier alpha value is -0.940. The number of aliphatic hydroxyl groups excluding tert-OH is 2. The highest BCUT2D eigenvalue weighted by atomic mass is 16.5. The summed E-state index contributed by atoms with van der Waals surface area (Å²) in [5, 5.41) is 19.0. The van der Waals surface area contributed by atoms with E-state index in [2.05, 4.69) is 11.8 Å². The van der Waals surface area contributed by atoms with E-state index in [1.807, 2.05) is 30.3 Å². The molecule has 0 amide bonds. The number of nitrogens with zero attached hydrogens (tertiary/aromatic N) is 1. The van der Waals surface area contributed by atoms with Crippen LogP contribution in [0.3, 0.4) is 0 Å². The molecule has 1 atom stereocenters. The lowest BCUT2D eigenvalue weighted by molar-refractivity contribution is 0.00745. The molecule has 0 heterocycles. The molecule has 0 aliphatic heterocycles. The fraction of sp³-hybridized carbons (Fsp3) is 0.625. The van der Waals surface area contributed by atoms with Gasteiger partial charge in [-0.2, -0.15) is 0 Å². The van der Waals surface area contributed by atoms with Crippen LogP contribution in [0.2, 0.25) is 0 Å². The molecule has 20 heavy (non-hydrogen) atoms. The van der Waals surface area contributed by atoms with Gasteiger partial charge in [-0.15, -0.1) is 0 Å². The summed E-state index contributed by atoms with van der Waals surface area (Å²) in [5.74, 6) is 0. The Morgan fingerprint density at radius 3 is 2.60 bits per heavy atom. The van der Waals surface area contributed by atoms with Crippen LogP contribution in [0.5, 0.6) is 0 Å². The van der Waals surface area contributed by atoms with Gasteiger partial charge in [-0.1, -0.05) is 43.7 Å². The quantitative estimate of drug-likeness (QED) is 0.648. The van der Waals surface area contributed by atoms with E-state index in [-0.39, 0.29) is 6.61 Å². The summed E-state index contributed by atoms with van der Waals surface area (Å²) in [5.41, 5.74) is 1.11. The smallest absolute Gasteiger partial charge is 0.0900 e. The van der Waals surface area contributed by atoms with E-state index in [4.69, 9.17) is 9.84 Å². The van der Waals surface area contributed by atoms with Gasteiger partial charge in [0.2, 0.25) is 0 Å². The first-order valence-corrected chi connectivity index (χ1v) is 7.39. The van der Waals surface area contributed by atoms with Crippen LogP contribution in [-0.4, -0.2) is 54.1 Å². The molecule has 1 unspecified atom stereocenters. The molecule has 114 valence electrons. The van der Waals surface area contributed by atoms with Gasteiger partial charge in [0, 0.05) is 13.1 Å². The van der Waals surface area contributed by atoms with Gasteiger partial charge in [0.15, 0.2) is 0 Å². The Morgan fingerprint density at radius 1 is 1.20 bits per heavy atom. The highest BCUT2D eigenvalue weighted by Crippen LogP contribution is 2.02. The van der Waals surface area contributed by atoms with Crippen molar-refractivity contribution in [1.82, 2.24) is 4.90 Å². The number of aliphatic hydroxyl groups is 2. The first-order valence-electron chi connectivity index (χ1n) is 7.39. The van der Waals surface area contributed by atoms with E-state index in [0.717, 1.165) is 24.9 Å². The molecule has 0 bridgehead atoms. The molecule has 1 rings (SSSR count). The largest absolute Gasteiger partial charge is 0.395 e. The van der Waals surface area contributed by atoms with Crippen molar-refractivity contribution < 1.29 is 14.9 Å². The third-order valence-corrected chi connectivity index (χ3v) is 3.13. The van der Waals surface area contributed by atoms with Crippen molar-refractivity contribution in [2.75, 3.05) is 32.8 Å². The molecule has 0 aliphatic carbocycles. The second-order valence-electron chi connectivity index (χ2n) is 5.03. The van der Waals surface area contributed by atoms with Crippen LogP contribution >= 0.6 is 0 Å². The van der Waals surface area contributed by atoms with Gasteiger partial charge in [-0.25, -0.2) is 0 Å². The van der Waals surface area contributed by atoms with E-state index >= 15 is 0 Å². The number of rotatable bonds is 11. The summed E-state index contributed by atoms with van der Waals surface area (Å²) in [7, 11) is 0. The van der Waals surface area contributed by atoms with Crippen molar-refractivity contribution in [2.24, 2.45) is 0 Å². The second kappa shape index (κ2) is 10.8. The Balaban J connectivity index is 2.21. The lowest BCUT2D eigenvalue weighted by Crippen LogP contribution is -2.37. The molecule has 0 aliphatic rings. The first kappa shape index (κ1) is 17.1. The van der Waals surface area contributed by atoms with Gasteiger partial charge in [-0.05, 0) is 18.5 Å². The van der Waals surface area contributed by atoms with Crippen LogP contribution in [0.1, 0.15) is 25.3 Å². The van der Waals surface area contributed by atoms with Gasteiger partial charge in [0.1, 0.15) is 0 Å². The zero-order valence-corrected chi connectivity index (χ0v) is 12.4. The monoisotopic (exact) mass is 281 g/mol. The molecule has 0 radical (unpaired) electrons. The number of hydrogen-bond donors (Lipinski definition) is 2. The third-order valence-electron chi connectivity index (χ3n) is 3.13. The van der Waals surface area contributed by atoms with E-state index in [1.54, 1.807) is 0 Å². The maximum absolute atomic E-state index is 9.98. The lowest BCUT2D eigenvalue weighted by atomic mass is 10.2. The highest BCUT2D eigenvalue weighted by Gasteiger charge is 2.11. The second-order valence-corrected chi connectivity index (χ2v) is 5.03. The van der Waals surface area contributed by atoms with Crippen molar-refractivity contribution in [2.45, 2.75) is 32.5 Å². The SMILES string of the molecule is CCCCN(CCO)CC(O)COCc1ccccc1. The standard InChI is InChI=1S/C16H27NO3/c1-2-3-9-17(10-11-18)12-16(19)14-20-13-15-7-5-4-6-8-15/h4-8,16,18-19H,2-3,9-14H2,1H3. The van der Waals surface area contributed by atoms with E-state index in [1.165, 1.54) is 0 Å². The molecule has 1 aromatic carbocycles. The van der Waals surface area contributed by atoms with Crippen LogP contribution < -0.4 is 0 Å². The number of ether oxygens (including phenoxy) is 1. The maximum atomic E-state index is 9.98. The zero-order chi connectivity index (χ0) is 14.6. The molecule has 4 nitrogen and oxygen atoms in total. The molecule has 0 aromatic heterocycles. The number of hydrogen-bond acceptors (Lipinski definition) is 4. The Labute approximate surface area is 122 Å². The lowest BCUT2D eigenvalue weighted by Gasteiger charge is -2.24. The average molecular weight is 281 g/mol. The molecule has 0 saturated carbocycles. The van der Waals surface area contributed by atoms with Crippen LogP contribution in [0.4, 0.5) is 0 Å². The summed E-state index contributed by atoms with van der Waals surface area (Å²) >= 11 is 0. The van der Waals surface area contributed by atoms with Crippen LogP contribution in [0.15, 0.2) is 30.3 Å². The predicted octanol–water partition coefficient (Wildman–Crippen LogP) is 1.66. The summed E-state index contributed by atoms with van der Waals surface area (Å²) in [6, 6.07) is 9.93. The minimum atomic E-state index is -0.512. The van der Waals surface area contributed by atoms with E-state index in [0.29, 0.717) is 26.3 Å². The fourth-order valence-electron chi connectivity index (χ4n) is 2.06. The van der Waals surface area contributed by atoms with Gasteiger partial charge in [0.05, 0.1) is 25.9 Å². The molecule has 1 aromatic rings. The Bertz CT molecular complexity index is 332. The van der Waals surface area contributed by atoms with Crippen LogP contribution in [0, 0.1) is 0 Å². The maximum Gasteiger partial charge on any atom is 0.0900 e. The molecular formula is C16H27NO3. The summed E-state index contributed by atoms with van der Waals surface area (Å²) in [6.45, 7) is 5.17. The summed E-state index contributed by atoms with van der Waals surface area (Å²) in [6.07, 6.45) is 1.68. The van der Waals surface area contributed by atoms with E-state index in [9.17, 15) is 5.11 Å². The van der Waals surface area contributed by atoms with Crippen molar-refractivity contribution in [3.8, 4) is 0 Å². The van der Waals surface area contributed by atoms with Gasteiger partial charge in [-0.3, -0.25) is 4.90 Å². The minimum Gasteiger partial charge on any atom is -0.395 e. The van der Waals surface area contributed by atoms with Crippen molar-refractivity contribution in [3.05, 3.63) is 35.9 Å². The predicted molar refractivity (Wildman–Crippen MR) is 80.5 cm³/mol. The molecule has 0 spiro atoms. The fourth-order valence-corrected chi connectivity index (χ4v) is 2.06. The molecule has 0 saturated heterocycles. The summed E-state index contributed by atoms with van der Waals surface area (Å²) < 4.78 is 5.53. The van der Waals surface area contributed by atoms with Gasteiger partial charge < -0.3 is 14.9 Å². The van der Waals surface area contributed by atoms with Crippen molar-refractivity contribution >= 4 is 0 Å². The average Bonchev–Trinajstić information content (AvgIpc) is 2.46. The molecular weight excluding hydrogens is 254 g/mol. The number of benzene rings is 1. The van der Waals surface area contributed by atoms with Crippen molar-refractivity contribution in [1.29, 1.82) is 0 Å². The van der Waals surface area contributed by atoms with E-state index < -0.39 is 6.10 Å². The first-order chi connectivity index (χ1) is 9.76. The minimum absolute atomic E-state index is 0.126. The van der Waals surface area contributed by atoms with Crippen LogP contribution in [0.25, 0.3) is 0 Å². The highest BCUT2D eigenvalue weighted by molar-refractivity contribution is 5.13. The number of unbranched alkanes of at least 4 members (excludes halogenated alkanes) is 1.